The zero-order valence-electron chi connectivity index (χ0n) is 13.5. The third-order valence-electron chi connectivity index (χ3n) is 4.18. The number of imide groups is 1. The molecule has 0 bridgehead atoms. The summed E-state index contributed by atoms with van der Waals surface area (Å²) in [7, 11) is 0. The molecule has 2 heterocycles. The number of carbonyl (C=O) groups is 3. The number of rotatable bonds is 3. The van der Waals surface area contributed by atoms with E-state index in [1.165, 1.54) is 0 Å². The zero-order chi connectivity index (χ0) is 17.5. The summed E-state index contributed by atoms with van der Waals surface area (Å²) in [6.45, 7) is 1.20. The smallest absolute Gasteiger partial charge is 0.262 e. The standard InChI is InChI=1S/C16H17F2N3O3.ClH/c1-9-6-10(20-15(24)11-7-16(17,18)8-19-11)2-3-12(9)21-13(22)4-5-14(21)23;/h2-3,6,11,19H,4-5,7-8H2,1H3,(H,20,24);1H. The third-order valence-corrected chi connectivity index (χ3v) is 4.18. The van der Waals surface area contributed by atoms with Crippen molar-refractivity contribution in [1.82, 2.24) is 5.32 Å². The number of anilines is 2. The van der Waals surface area contributed by atoms with E-state index in [1.807, 2.05) is 0 Å². The molecule has 2 saturated heterocycles. The fraction of sp³-hybridized carbons (Fsp3) is 0.438. The molecule has 6 nitrogen and oxygen atoms in total. The van der Waals surface area contributed by atoms with E-state index >= 15 is 0 Å². The molecule has 0 aromatic heterocycles. The van der Waals surface area contributed by atoms with Crippen LogP contribution in [-0.4, -0.2) is 36.2 Å². The van der Waals surface area contributed by atoms with Gasteiger partial charge in [-0.3, -0.25) is 24.6 Å². The maximum Gasteiger partial charge on any atom is 0.262 e. The van der Waals surface area contributed by atoms with Crippen molar-refractivity contribution in [3.63, 3.8) is 0 Å². The van der Waals surface area contributed by atoms with E-state index in [4.69, 9.17) is 0 Å². The summed E-state index contributed by atoms with van der Waals surface area (Å²) in [5, 5.41) is 5.07. The molecule has 2 aliphatic heterocycles. The molecule has 3 amide bonds. The lowest BCUT2D eigenvalue weighted by atomic mass is 10.1. The SMILES string of the molecule is Cc1cc(NC(=O)C2CC(F)(F)CN2)ccc1N1C(=O)CCC1=O.Cl. The summed E-state index contributed by atoms with van der Waals surface area (Å²) >= 11 is 0. The first-order chi connectivity index (χ1) is 11.3. The van der Waals surface area contributed by atoms with Gasteiger partial charge in [-0.05, 0) is 30.7 Å². The molecule has 1 unspecified atom stereocenters. The Bertz CT molecular complexity index is 711. The highest BCUT2D eigenvalue weighted by Gasteiger charge is 2.42. The van der Waals surface area contributed by atoms with Gasteiger partial charge in [0.2, 0.25) is 17.7 Å². The van der Waals surface area contributed by atoms with Crippen LogP contribution in [0.4, 0.5) is 20.2 Å². The molecule has 2 aliphatic rings. The van der Waals surface area contributed by atoms with Crippen molar-refractivity contribution in [3.05, 3.63) is 23.8 Å². The molecule has 1 atom stereocenters. The average Bonchev–Trinajstić information content (AvgIpc) is 3.02. The molecule has 1 aromatic rings. The largest absolute Gasteiger partial charge is 0.325 e. The Morgan fingerprint density at radius 3 is 2.44 bits per heavy atom. The maximum absolute atomic E-state index is 13.1. The quantitative estimate of drug-likeness (QED) is 0.794. The Balaban J connectivity index is 0.00000225. The Morgan fingerprint density at radius 1 is 1.28 bits per heavy atom. The van der Waals surface area contributed by atoms with Crippen LogP contribution < -0.4 is 15.5 Å². The van der Waals surface area contributed by atoms with Crippen LogP contribution >= 0.6 is 12.4 Å². The van der Waals surface area contributed by atoms with Crippen LogP contribution in [0, 0.1) is 6.92 Å². The van der Waals surface area contributed by atoms with E-state index in [1.54, 1.807) is 25.1 Å². The topological polar surface area (TPSA) is 78.5 Å². The van der Waals surface area contributed by atoms with Gasteiger partial charge in [-0.25, -0.2) is 8.78 Å². The van der Waals surface area contributed by atoms with E-state index in [2.05, 4.69) is 10.6 Å². The van der Waals surface area contributed by atoms with E-state index in [9.17, 15) is 23.2 Å². The molecule has 2 fully saturated rings. The van der Waals surface area contributed by atoms with Gasteiger partial charge >= 0.3 is 0 Å². The van der Waals surface area contributed by atoms with Gasteiger partial charge in [0.1, 0.15) is 0 Å². The van der Waals surface area contributed by atoms with Crippen molar-refractivity contribution in [1.29, 1.82) is 0 Å². The molecule has 2 N–H and O–H groups in total. The molecule has 3 rings (SSSR count). The number of nitrogens with zero attached hydrogens (tertiary/aromatic N) is 1. The van der Waals surface area contributed by atoms with Crippen LogP contribution in [0.1, 0.15) is 24.8 Å². The number of carbonyl (C=O) groups excluding carboxylic acids is 3. The van der Waals surface area contributed by atoms with Crippen LogP contribution in [0.2, 0.25) is 0 Å². The maximum atomic E-state index is 13.1. The second-order valence-electron chi connectivity index (χ2n) is 6.11. The van der Waals surface area contributed by atoms with Gasteiger partial charge in [0.25, 0.3) is 5.92 Å². The van der Waals surface area contributed by atoms with Crippen molar-refractivity contribution in [3.8, 4) is 0 Å². The first-order valence-corrected chi connectivity index (χ1v) is 7.65. The van der Waals surface area contributed by atoms with Crippen LogP contribution in [-0.2, 0) is 14.4 Å². The third kappa shape index (κ3) is 3.96. The molecule has 9 heteroatoms. The number of aryl methyl sites for hydroxylation is 1. The summed E-state index contributed by atoms with van der Waals surface area (Å²) in [4.78, 5) is 36.8. The van der Waals surface area contributed by atoms with Crippen molar-refractivity contribution >= 4 is 41.5 Å². The first-order valence-electron chi connectivity index (χ1n) is 7.65. The molecular formula is C16H18ClF2N3O3. The Labute approximate surface area is 149 Å². The van der Waals surface area contributed by atoms with Gasteiger partial charge in [-0.2, -0.15) is 0 Å². The highest BCUT2D eigenvalue weighted by molar-refractivity contribution is 6.20. The monoisotopic (exact) mass is 373 g/mol. The number of halogens is 3. The van der Waals surface area contributed by atoms with E-state index in [-0.39, 0.29) is 37.1 Å². The van der Waals surface area contributed by atoms with Gasteiger partial charge in [-0.1, -0.05) is 0 Å². The van der Waals surface area contributed by atoms with Crippen LogP contribution in [0.15, 0.2) is 18.2 Å². The lowest BCUT2D eigenvalue weighted by molar-refractivity contribution is -0.121. The molecule has 0 spiro atoms. The predicted molar refractivity (Wildman–Crippen MR) is 90.1 cm³/mol. The fourth-order valence-corrected chi connectivity index (χ4v) is 2.96. The molecule has 0 radical (unpaired) electrons. The predicted octanol–water partition coefficient (Wildman–Crippen LogP) is 2.01. The van der Waals surface area contributed by atoms with Crippen LogP contribution in [0.5, 0.6) is 0 Å². The molecule has 1 aromatic carbocycles. The number of benzene rings is 1. The number of alkyl halides is 2. The summed E-state index contributed by atoms with van der Waals surface area (Å²) in [5.74, 6) is -3.92. The summed E-state index contributed by atoms with van der Waals surface area (Å²) < 4.78 is 26.3. The summed E-state index contributed by atoms with van der Waals surface area (Å²) in [6.07, 6.45) is -0.149. The number of nitrogens with one attached hydrogen (secondary N) is 2. The second kappa shape index (κ2) is 7.05. The lowest BCUT2D eigenvalue weighted by Crippen LogP contribution is -2.35. The van der Waals surface area contributed by atoms with Crippen LogP contribution in [0.3, 0.4) is 0 Å². The van der Waals surface area contributed by atoms with Crippen LogP contribution in [0.25, 0.3) is 0 Å². The van der Waals surface area contributed by atoms with Gasteiger partial charge in [0, 0.05) is 24.9 Å². The first kappa shape index (κ1) is 19.3. The van der Waals surface area contributed by atoms with Gasteiger partial charge < -0.3 is 5.32 Å². The summed E-state index contributed by atoms with van der Waals surface area (Å²) in [5.41, 5.74) is 1.55. The number of amides is 3. The van der Waals surface area contributed by atoms with E-state index in [0.717, 1.165) is 4.90 Å². The molecule has 0 aliphatic carbocycles. The number of hydrogen-bond donors (Lipinski definition) is 2. The molecule has 136 valence electrons. The van der Waals surface area contributed by atoms with Gasteiger partial charge in [0.05, 0.1) is 18.3 Å². The summed E-state index contributed by atoms with van der Waals surface area (Å²) in [6, 6.07) is 3.79. The lowest BCUT2D eigenvalue weighted by Gasteiger charge is -2.18. The fourth-order valence-electron chi connectivity index (χ4n) is 2.96. The minimum Gasteiger partial charge on any atom is -0.325 e. The molecule has 0 saturated carbocycles. The van der Waals surface area contributed by atoms with Crippen molar-refractivity contribution in [2.75, 3.05) is 16.8 Å². The van der Waals surface area contributed by atoms with E-state index in [0.29, 0.717) is 16.9 Å². The number of hydrogen-bond acceptors (Lipinski definition) is 4. The van der Waals surface area contributed by atoms with Gasteiger partial charge in [-0.15, -0.1) is 12.4 Å². The Kier molecular flexibility index (Phi) is 5.43. The zero-order valence-corrected chi connectivity index (χ0v) is 14.3. The highest BCUT2D eigenvalue weighted by atomic mass is 35.5. The minimum absolute atomic E-state index is 0. The van der Waals surface area contributed by atoms with Crippen molar-refractivity contribution in [2.24, 2.45) is 0 Å². The van der Waals surface area contributed by atoms with Crippen molar-refractivity contribution in [2.45, 2.75) is 38.2 Å². The average molecular weight is 374 g/mol. The molecule has 25 heavy (non-hydrogen) atoms. The van der Waals surface area contributed by atoms with Crippen molar-refractivity contribution < 1.29 is 23.2 Å². The second-order valence-corrected chi connectivity index (χ2v) is 6.11. The molecular weight excluding hydrogens is 356 g/mol. The minimum atomic E-state index is -2.88. The normalized spacial score (nSPS) is 22.0. The van der Waals surface area contributed by atoms with Gasteiger partial charge in [0.15, 0.2) is 0 Å². The Morgan fingerprint density at radius 2 is 1.92 bits per heavy atom. The highest BCUT2D eigenvalue weighted by Crippen LogP contribution is 2.29. The van der Waals surface area contributed by atoms with E-state index < -0.39 is 30.8 Å². The Hall–Kier alpha value is -2.06.